The van der Waals surface area contributed by atoms with Crippen LogP contribution in [0, 0.1) is 11.8 Å². The fourth-order valence-electron chi connectivity index (χ4n) is 2.34. The fourth-order valence-corrected chi connectivity index (χ4v) is 2.34. The Morgan fingerprint density at radius 2 is 2.29 bits per heavy atom. The molecule has 0 radical (unpaired) electrons. The number of hydrogen-bond acceptors (Lipinski definition) is 2. The second-order valence-electron chi connectivity index (χ2n) is 4.07. The molecule has 0 saturated heterocycles. The molecule has 0 spiro atoms. The highest BCUT2D eigenvalue weighted by molar-refractivity contribution is 5.29. The van der Waals surface area contributed by atoms with E-state index in [2.05, 4.69) is 18.2 Å². The molecular weight excluding hydrogens is 176 g/mol. The Balaban J connectivity index is 1.61. The van der Waals surface area contributed by atoms with E-state index in [1.165, 1.54) is 6.42 Å². The van der Waals surface area contributed by atoms with E-state index in [1.807, 2.05) is 0 Å². The van der Waals surface area contributed by atoms with Gasteiger partial charge in [-0.15, -0.1) is 0 Å². The summed E-state index contributed by atoms with van der Waals surface area (Å²) in [4.78, 5) is 0. The van der Waals surface area contributed by atoms with Crippen LogP contribution in [0.25, 0.3) is 0 Å². The Morgan fingerprint density at radius 3 is 2.93 bits per heavy atom. The molecule has 0 amide bonds. The smallest absolute Gasteiger partial charge is 0.0697 e. The lowest BCUT2D eigenvalue weighted by atomic mass is 9.99. The van der Waals surface area contributed by atoms with Gasteiger partial charge in [0, 0.05) is 6.61 Å². The van der Waals surface area contributed by atoms with Crippen molar-refractivity contribution in [1.82, 2.24) is 0 Å². The van der Waals surface area contributed by atoms with Gasteiger partial charge < -0.3 is 9.84 Å². The van der Waals surface area contributed by atoms with E-state index >= 15 is 0 Å². The van der Waals surface area contributed by atoms with Crippen molar-refractivity contribution in [1.29, 1.82) is 0 Å². The van der Waals surface area contributed by atoms with Gasteiger partial charge in [0.25, 0.3) is 0 Å². The maximum Gasteiger partial charge on any atom is 0.0697 e. The second kappa shape index (κ2) is 4.76. The third kappa shape index (κ3) is 2.25. The van der Waals surface area contributed by atoms with Crippen LogP contribution < -0.4 is 0 Å². The molecule has 0 aromatic carbocycles. The Hall–Kier alpha value is -0.600. The first-order valence-electron chi connectivity index (χ1n) is 5.47. The van der Waals surface area contributed by atoms with E-state index in [-0.39, 0.29) is 6.61 Å². The molecule has 14 heavy (non-hydrogen) atoms. The molecule has 0 aliphatic heterocycles. The fraction of sp³-hybridized carbons (Fsp3) is 0.667. The molecule has 2 atom stereocenters. The summed E-state index contributed by atoms with van der Waals surface area (Å²) in [6.07, 6.45) is 10.6. The Morgan fingerprint density at radius 1 is 1.36 bits per heavy atom. The number of allylic oxidation sites excluding steroid dienone is 4. The second-order valence-corrected chi connectivity index (χ2v) is 4.07. The molecule has 0 fully saturated rings. The third-order valence-electron chi connectivity index (χ3n) is 3.01. The van der Waals surface area contributed by atoms with Crippen LogP contribution in [0.5, 0.6) is 0 Å². The van der Waals surface area contributed by atoms with Crippen LogP contribution in [-0.4, -0.2) is 24.9 Å². The van der Waals surface area contributed by atoms with Gasteiger partial charge in [0.2, 0.25) is 0 Å². The van der Waals surface area contributed by atoms with Crippen molar-refractivity contribution in [2.24, 2.45) is 11.8 Å². The summed E-state index contributed by atoms with van der Waals surface area (Å²) in [5, 5.41) is 8.52. The van der Waals surface area contributed by atoms with Crippen LogP contribution in [0.15, 0.2) is 23.8 Å². The third-order valence-corrected chi connectivity index (χ3v) is 3.01. The molecule has 2 aliphatic rings. The van der Waals surface area contributed by atoms with Crippen LogP contribution >= 0.6 is 0 Å². The molecule has 0 aromatic heterocycles. The Kier molecular flexibility index (Phi) is 3.38. The van der Waals surface area contributed by atoms with Gasteiger partial charge in [-0.2, -0.15) is 0 Å². The van der Waals surface area contributed by atoms with Crippen LogP contribution in [0.2, 0.25) is 0 Å². The lowest BCUT2D eigenvalue weighted by Gasteiger charge is -2.09. The van der Waals surface area contributed by atoms with Crippen LogP contribution in [-0.2, 0) is 4.74 Å². The van der Waals surface area contributed by atoms with Crippen LogP contribution in [0.1, 0.15) is 19.3 Å². The SMILES string of the molecule is OCCOCCCC1=C[C@H]2C=C[C@@H]1C2. The zero-order valence-corrected chi connectivity index (χ0v) is 8.48. The summed E-state index contributed by atoms with van der Waals surface area (Å²) >= 11 is 0. The summed E-state index contributed by atoms with van der Waals surface area (Å²) in [6, 6.07) is 0. The monoisotopic (exact) mass is 194 g/mol. The van der Waals surface area contributed by atoms with E-state index in [1.54, 1.807) is 5.57 Å². The lowest BCUT2D eigenvalue weighted by molar-refractivity contribution is 0.0907. The minimum atomic E-state index is 0.135. The van der Waals surface area contributed by atoms with Gasteiger partial charge in [-0.1, -0.05) is 23.8 Å². The van der Waals surface area contributed by atoms with Gasteiger partial charge in [0.05, 0.1) is 13.2 Å². The van der Waals surface area contributed by atoms with Crippen molar-refractivity contribution < 1.29 is 9.84 Å². The minimum absolute atomic E-state index is 0.135. The zero-order valence-electron chi connectivity index (χ0n) is 8.48. The highest BCUT2D eigenvalue weighted by Gasteiger charge is 2.26. The Labute approximate surface area is 85.3 Å². The molecule has 78 valence electrons. The van der Waals surface area contributed by atoms with Gasteiger partial charge in [-0.05, 0) is 31.1 Å². The largest absolute Gasteiger partial charge is 0.394 e. The molecule has 2 bridgehead atoms. The molecule has 0 unspecified atom stereocenters. The number of rotatable bonds is 6. The highest BCUT2D eigenvalue weighted by Crippen LogP contribution is 2.39. The summed E-state index contributed by atoms with van der Waals surface area (Å²) in [7, 11) is 0. The number of hydrogen-bond donors (Lipinski definition) is 1. The number of fused-ring (bicyclic) bond motifs is 2. The average molecular weight is 194 g/mol. The van der Waals surface area contributed by atoms with Gasteiger partial charge in [0.15, 0.2) is 0 Å². The van der Waals surface area contributed by atoms with Crippen LogP contribution in [0.3, 0.4) is 0 Å². The normalized spacial score (nSPS) is 28.5. The molecule has 2 nitrogen and oxygen atoms in total. The van der Waals surface area contributed by atoms with E-state index in [0.29, 0.717) is 6.61 Å². The van der Waals surface area contributed by atoms with Gasteiger partial charge >= 0.3 is 0 Å². The first-order valence-corrected chi connectivity index (χ1v) is 5.47. The molecular formula is C12H18O2. The molecule has 0 heterocycles. The van der Waals surface area contributed by atoms with Crippen LogP contribution in [0.4, 0.5) is 0 Å². The Bertz CT molecular complexity index is 243. The molecule has 2 rings (SSSR count). The quantitative estimate of drug-likeness (QED) is 0.517. The summed E-state index contributed by atoms with van der Waals surface area (Å²) in [6.45, 7) is 1.39. The molecule has 0 saturated carbocycles. The van der Waals surface area contributed by atoms with E-state index in [4.69, 9.17) is 9.84 Å². The number of aliphatic hydroxyl groups is 1. The predicted octanol–water partition coefficient (Wildman–Crippen LogP) is 1.91. The van der Waals surface area contributed by atoms with E-state index in [9.17, 15) is 0 Å². The summed E-state index contributed by atoms with van der Waals surface area (Å²) < 4.78 is 5.23. The topological polar surface area (TPSA) is 29.5 Å². The first kappa shape index (κ1) is 9.94. The van der Waals surface area contributed by atoms with Crippen molar-refractivity contribution in [3.05, 3.63) is 23.8 Å². The minimum Gasteiger partial charge on any atom is -0.394 e. The molecule has 2 aliphatic carbocycles. The maximum absolute atomic E-state index is 8.52. The maximum atomic E-state index is 8.52. The van der Waals surface area contributed by atoms with Crippen molar-refractivity contribution in [3.63, 3.8) is 0 Å². The van der Waals surface area contributed by atoms with Crippen molar-refractivity contribution in [2.45, 2.75) is 19.3 Å². The van der Waals surface area contributed by atoms with Gasteiger partial charge in [-0.25, -0.2) is 0 Å². The molecule has 1 N–H and O–H groups in total. The predicted molar refractivity (Wildman–Crippen MR) is 56.0 cm³/mol. The zero-order chi connectivity index (χ0) is 9.80. The summed E-state index contributed by atoms with van der Waals surface area (Å²) in [5.74, 6) is 1.46. The van der Waals surface area contributed by atoms with Crippen molar-refractivity contribution >= 4 is 0 Å². The van der Waals surface area contributed by atoms with Gasteiger partial charge in [0.1, 0.15) is 0 Å². The highest BCUT2D eigenvalue weighted by atomic mass is 16.5. The van der Waals surface area contributed by atoms with Crippen molar-refractivity contribution in [3.8, 4) is 0 Å². The summed E-state index contributed by atoms with van der Waals surface area (Å²) in [5.41, 5.74) is 1.60. The number of aliphatic hydroxyl groups excluding tert-OH is 1. The number of ether oxygens (including phenoxy) is 1. The molecule has 0 aromatic rings. The van der Waals surface area contributed by atoms with Crippen molar-refractivity contribution in [2.75, 3.05) is 19.8 Å². The average Bonchev–Trinajstić information content (AvgIpc) is 2.79. The molecule has 2 heteroatoms. The standard InChI is InChI=1S/C12H18O2/c13-5-7-14-6-1-2-11-8-10-3-4-12(11)9-10/h3-4,8,10,12-13H,1-2,5-7,9H2/t10-,12-/m1/s1. The van der Waals surface area contributed by atoms with Gasteiger partial charge in [-0.3, -0.25) is 0 Å². The lowest BCUT2D eigenvalue weighted by Crippen LogP contribution is -2.02. The first-order chi connectivity index (χ1) is 6.90. The van der Waals surface area contributed by atoms with E-state index in [0.717, 1.165) is 31.3 Å². The van der Waals surface area contributed by atoms with E-state index < -0.39 is 0 Å².